The zero-order chi connectivity index (χ0) is 25.5. The number of pyridine rings is 1. The average Bonchev–Trinajstić information content (AvgIpc) is 2.93. The quantitative estimate of drug-likeness (QED) is 0.234. The number of aromatic nitrogens is 1. The molecular weight excluding hydrogens is 450 g/mol. The molecule has 1 fully saturated rings. The third kappa shape index (κ3) is 6.96. The fourth-order valence-corrected chi connectivity index (χ4v) is 5.61. The smallest absolute Gasteiger partial charge is 0.0711 e. The van der Waals surface area contributed by atoms with Gasteiger partial charge in [-0.25, -0.2) is 4.98 Å². The van der Waals surface area contributed by atoms with Gasteiger partial charge in [-0.2, -0.15) is 0 Å². The Bertz CT molecular complexity index is 1350. The molecule has 0 N–H and O–H groups in total. The van der Waals surface area contributed by atoms with Gasteiger partial charge in [-0.3, -0.25) is 0 Å². The van der Waals surface area contributed by atoms with Gasteiger partial charge in [0.25, 0.3) is 0 Å². The van der Waals surface area contributed by atoms with Crippen LogP contribution in [0.2, 0.25) is 0 Å². The summed E-state index contributed by atoms with van der Waals surface area (Å²) in [6, 6.07) is 28.6. The van der Waals surface area contributed by atoms with Gasteiger partial charge in [0.15, 0.2) is 0 Å². The molecule has 0 amide bonds. The summed E-state index contributed by atoms with van der Waals surface area (Å²) in [5.74, 6) is 0.542. The van der Waals surface area contributed by atoms with Gasteiger partial charge >= 0.3 is 0 Å². The molecule has 2 heterocycles. The highest BCUT2D eigenvalue weighted by atomic mass is 16.5. The second-order valence-electron chi connectivity index (χ2n) is 10.7. The summed E-state index contributed by atoms with van der Waals surface area (Å²) in [5, 5.41) is 1.18. The fraction of sp³-hybridized carbons (Fsp3) is 0.343. The summed E-state index contributed by atoms with van der Waals surface area (Å²) >= 11 is 0. The first-order chi connectivity index (χ1) is 18.1. The Kier molecular flexibility index (Phi) is 8.48. The van der Waals surface area contributed by atoms with Crippen LogP contribution in [0.25, 0.3) is 23.1 Å². The maximum absolute atomic E-state index is 6.02. The Morgan fingerprint density at radius 2 is 1.81 bits per heavy atom. The largest absolute Gasteiger partial charge is 0.378 e. The van der Waals surface area contributed by atoms with Gasteiger partial charge in [0.05, 0.1) is 17.3 Å². The third-order valence-corrected chi connectivity index (χ3v) is 7.65. The molecule has 1 aliphatic rings. The molecule has 190 valence electrons. The van der Waals surface area contributed by atoms with Crippen LogP contribution in [0.1, 0.15) is 78.5 Å². The standard InChI is InChI=1S/C35H39NO/c1-26-16-18-31-19-21-32(36-35(31)23-26)20-17-29-10-7-9-28(25-29)11-8-13-30-12-3-4-15-34(30)27(2)24-33-14-5-6-22-37-33/h3-4,7,9-10,12,15-21,23,25,27,33H,5-6,8,11,13-14,22,24H2,1-2H3/b20-17+. The van der Waals surface area contributed by atoms with E-state index in [0.717, 1.165) is 43.5 Å². The molecule has 2 nitrogen and oxygen atoms in total. The van der Waals surface area contributed by atoms with Crippen molar-refractivity contribution < 1.29 is 4.74 Å². The van der Waals surface area contributed by atoms with E-state index in [4.69, 9.17) is 9.72 Å². The number of hydrogen-bond donors (Lipinski definition) is 0. The van der Waals surface area contributed by atoms with E-state index in [2.05, 4.69) is 105 Å². The van der Waals surface area contributed by atoms with Crippen LogP contribution in [0.3, 0.4) is 0 Å². The summed E-state index contributed by atoms with van der Waals surface area (Å²) in [6.45, 7) is 5.42. The van der Waals surface area contributed by atoms with Crippen LogP contribution in [0, 0.1) is 6.92 Å². The molecule has 37 heavy (non-hydrogen) atoms. The van der Waals surface area contributed by atoms with Gasteiger partial charge < -0.3 is 4.74 Å². The highest BCUT2D eigenvalue weighted by Gasteiger charge is 2.19. The minimum atomic E-state index is 0.432. The van der Waals surface area contributed by atoms with Crippen LogP contribution in [0.4, 0.5) is 0 Å². The number of hydrogen-bond acceptors (Lipinski definition) is 2. The number of nitrogens with zero attached hydrogens (tertiary/aromatic N) is 1. The Hall–Kier alpha value is -3.23. The Balaban J connectivity index is 1.19. The summed E-state index contributed by atoms with van der Waals surface area (Å²) in [7, 11) is 0. The minimum absolute atomic E-state index is 0.432. The van der Waals surface area contributed by atoms with E-state index in [1.807, 2.05) is 0 Å². The number of fused-ring (bicyclic) bond motifs is 1. The normalized spacial score (nSPS) is 16.9. The van der Waals surface area contributed by atoms with E-state index in [1.54, 1.807) is 0 Å². The summed E-state index contributed by atoms with van der Waals surface area (Å²) < 4.78 is 6.02. The molecule has 2 unspecified atom stereocenters. The zero-order valence-corrected chi connectivity index (χ0v) is 22.3. The molecule has 1 aliphatic heterocycles. The Labute approximate surface area is 222 Å². The molecule has 0 bridgehead atoms. The van der Waals surface area contributed by atoms with Gasteiger partial charge in [-0.05, 0) is 104 Å². The molecule has 1 saturated heterocycles. The first-order valence-electron chi connectivity index (χ1n) is 14.0. The van der Waals surface area contributed by atoms with Crippen LogP contribution in [0.15, 0.2) is 78.9 Å². The van der Waals surface area contributed by atoms with Crippen molar-refractivity contribution in [2.75, 3.05) is 6.61 Å². The average molecular weight is 490 g/mol. The van der Waals surface area contributed by atoms with Crippen molar-refractivity contribution in [3.63, 3.8) is 0 Å². The molecule has 0 spiro atoms. The molecular formula is C35H39NO. The van der Waals surface area contributed by atoms with Crippen LogP contribution in [0.5, 0.6) is 0 Å². The first-order valence-corrected chi connectivity index (χ1v) is 14.0. The van der Waals surface area contributed by atoms with E-state index in [0.29, 0.717) is 12.0 Å². The van der Waals surface area contributed by atoms with Crippen molar-refractivity contribution in [3.05, 3.63) is 112 Å². The van der Waals surface area contributed by atoms with E-state index in [-0.39, 0.29) is 0 Å². The molecule has 0 radical (unpaired) electrons. The van der Waals surface area contributed by atoms with Gasteiger partial charge in [0.1, 0.15) is 0 Å². The minimum Gasteiger partial charge on any atom is -0.378 e. The van der Waals surface area contributed by atoms with Gasteiger partial charge in [-0.15, -0.1) is 0 Å². The highest BCUT2D eigenvalue weighted by Crippen LogP contribution is 2.29. The van der Waals surface area contributed by atoms with E-state index >= 15 is 0 Å². The fourth-order valence-electron chi connectivity index (χ4n) is 5.61. The molecule has 1 aromatic heterocycles. The Morgan fingerprint density at radius 1 is 0.919 bits per heavy atom. The van der Waals surface area contributed by atoms with Crippen molar-refractivity contribution in [3.8, 4) is 0 Å². The molecule has 2 atom stereocenters. The topological polar surface area (TPSA) is 22.1 Å². The zero-order valence-electron chi connectivity index (χ0n) is 22.3. The van der Waals surface area contributed by atoms with Crippen LogP contribution < -0.4 is 0 Å². The third-order valence-electron chi connectivity index (χ3n) is 7.65. The molecule has 0 saturated carbocycles. The molecule has 2 heteroatoms. The van der Waals surface area contributed by atoms with Gasteiger partial charge in [0, 0.05) is 12.0 Å². The van der Waals surface area contributed by atoms with E-state index < -0.39 is 0 Å². The molecule has 4 aromatic rings. The lowest BCUT2D eigenvalue weighted by Crippen LogP contribution is -2.21. The van der Waals surface area contributed by atoms with Crippen molar-refractivity contribution in [1.82, 2.24) is 4.98 Å². The predicted octanol–water partition coefficient (Wildman–Crippen LogP) is 8.95. The highest BCUT2D eigenvalue weighted by molar-refractivity contribution is 5.81. The van der Waals surface area contributed by atoms with Crippen molar-refractivity contribution in [1.29, 1.82) is 0 Å². The van der Waals surface area contributed by atoms with Gasteiger partial charge in [-0.1, -0.05) is 79.7 Å². The number of rotatable bonds is 9. The SMILES string of the molecule is Cc1ccc2ccc(/C=C/c3cccc(CCCc4ccccc4C(C)CC4CCCCO4)c3)nc2c1. The Morgan fingerprint density at radius 3 is 2.70 bits per heavy atom. The molecule has 3 aromatic carbocycles. The van der Waals surface area contributed by atoms with Crippen LogP contribution in [-0.2, 0) is 17.6 Å². The van der Waals surface area contributed by atoms with Gasteiger partial charge in [0.2, 0.25) is 0 Å². The van der Waals surface area contributed by atoms with Crippen molar-refractivity contribution >= 4 is 23.1 Å². The summed E-state index contributed by atoms with van der Waals surface area (Å²) in [5.41, 5.74) is 8.91. The van der Waals surface area contributed by atoms with E-state index in [1.165, 1.54) is 52.5 Å². The van der Waals surface area contributed by atoms with Crippen molar-refractivity contribution in [2.45, 2.75) is 70.8 Å². The molecule has 0 aliphatic carbocycles. The number of ether oxygens (including phenoxy) is 1. The maximum Gasteiger partial charge on any atom is 0.0711 e. The van der Waals surface area contributed by atoms with Crippen molar-refractivity contribution in [2.24, 2.45) is 0 Å². The monoisotopic (exact) mass is 489 g/mol. The molecule has 5 rings (SSSR count). The predicted molar refractivity (Wildman–Crippen MR) is 157 cm³/mol. The second-order valence-corrected chi connectivity index (χ2v) is 10.7. The number of aryl methyl sites for hydroxylation is 3. The first kappa shape index (κ1) is 25.4. The maximum atomic E-state index is 6.02. The van der Waals surface area contributed by atoms with Crippen LogP contribution >= 0.6 is 0 Å². The van der Waals surface area contributed by atoms with E-state index in [9.17, 15) is 0 Å². The van der Waals surface area contributed by atoms with Crippen LogP contribution in [-0.4, -0.2) is 17.7 Å². The lowest BCUT2D eigenvalue weighted by Gasteiger charge is -2.26. The second kappa shape index (κ2) is 12.3. The summed E-state index contributed by atoms with van der Waals surface area (Å²) in [6.07, 6.45) is 13.0. The number of benzene rings is 3. The lowest BCUT2D eigenvalue weighted by atomic mass is 9.87. The summed E-state index contributed by atoms with van der Waals surface area (Å²) in [4.78, 5) is 4.82. The lowest BCUT2D eigenvalue weighted by molar-refractivity contribution is 0.00788.